The lowest BCUT2D eigenvalue weighted by molar-refractivity contribution is 0.428. The molecule has 1 aliphatic rings. The van der Waals surface area contributed by atoms with Gasteiger partial charge in [-0.15, -0.1) is 0 Å². The second-order valence-corrected chi connectivity index (χ2v) is 7.41. The lowest BCUT2D eigenvalue weighted by Crippen LogP contribution is -2.29. The molecule has 0 fully saturated rings. The highest BCUT2D eigenvalue weighted by Gasteiger charge is 2.22. The van der Waals surface area contributed by atoms with Crippen LogP contribution < -0.4 is 11.1 Å². The van der Waals surface area contributed by atoms with Gasteiger partial charge in [0, 0.05) is 56.1 Å². The first-order valence-corrected chi connectivity index (χ1v) is 10.8. The van der Waals surface area contributed by atoms with Gasteiger partial charge in [0.25, 0.3) is 0 Å². The van der Waals surface area contributed by atoms with Gasteiger partial charge in [0.2, 0.25) is 0 Å². The summed E-state index contributed by atoms with van der Waals surface area (Å²) >= 11 is 0. The number of allylic oxidation sites excluding steroid dienone is 3. The zero-order valence-corrected chi connectivity index (χ0v) is 18.9. The molecule has 0 saturated heterocycles. The molecule has 0 aromatic carbocycles. The Morgan fingerprint density at radius 2 is 2.10 bits per heavy atom. The van der Waals surface area contributed by atoms with Crippen LogP contribution in [0.25, 0.3) is 0 Å². The van der Waals surface area contributed by atoms with Crippen molar-refractivity contribution in [3.8, 4) is 0 Å². The SMILES string of the molecule is CC/C=C1/C(c2cnn(C(CC)CC)c2)=NC(/C(C=N)=C/NCC(CN)N=O)=CN1C. The molecule has 1 unspecified atom stereocenters. The van der Waals surface area contributed by atoms with Gasteiger partial charge in [-0.3, -0.25) is 4.68 Å². The molecule has 0 spiro atoms. The van der Waals surface area contributed by atoms with Crippen LogP contribution in [0.2, 0.25) is 0 Å². The van der Waals surface area contributed by atoms with Crippen LogP contribution in [0.5, 0.6) is 0 Å². The Hall–Kier alpha value is -3.07. The number of hydrogen-bond donors (Lipinski definition) is 3. The molecule has 0 radical (unpaired) electrons. The highest BCUT2D eigenvalue weighted by atomic mass is 16.3. The van der Waals surface area contributed by atoms with Crippen molar-refractivity contribution in [2.24, 2.45) is 15.9 Å². The summed E-state index contributed by atoms with van der Waals surface area (Å²) in [5.41, 5.74) is 9.51. The van der Waals surface area contributed by atoms with Gasteiger partial charge in [0.1, 0.15) is 6.04 Å². The van der Waals surface area contributed by atoms with E-state index in [2.05, 4.69) is 42.4 Å². The number of likely N-dealkylation sites (N-methyl/N-ethyl adjacent to an activating group) is 1. The van der Waals surface area contributed by atoms with Gasteiger partial charge in [-0.25, -0.2) is 4.99 Å². The fourth-order valence-electron chi connectivity index (χ4n) is 3.39. The van der Waals surface area contributed by atoms with Crippen LogP contribution in [0.1, 0.15) is 51.6 Å². The van der Waals surface area contributed by atoms with E-state index in [0.717, 1.165) is 36.2 Å². The van der Waals surface area contributed by atoms with Crippen LogP contribution in [0, 0.1) is 10.3 Å². The molecule has 1 aliphatic heterocycles. The smallest absolute Gasteiger partial charge is 0.121 e. The Bertz CT molecular complexity index is 876. The summed E-state index contributed by atoms with van der Waals surface area (Å²) in [5, 5.41) is 18.4. The number of aliphatic imine (C=N–C) groups is 1. The second kappa shape index (κ2) is 11.9. The van der Waals surface area contributed by atoms with Gasteiger partial charge in [0.15, 0.2) is 0 Å². The van der Waals surface area contributed by atoms with Crippen LogP contribution in [-0.2, 0) is 0 Å². The minimum atomic E-state index is -0.514. The highest BCUT2D eigenvalue weighted by molar-refractivity contribution is 6.13. The van der Waals surface area contributed by atoms with Crippen LogP contribution in [0.15, 0.2) is 58.0 Å². The molecule has 0 aliphatic carbocycles. The molecule has 2 heterocycles. The Kier molecular flexibility index (Phi) is 9.33. The quantitative estimate of drug-likeness (QED) is 0.349. The minimum absolute atomic E-state index is 0.170. The Labute approximate surface area is 184 Å². The summed E-state index contributed by atoms with van der Waals surface area (Å²) in [7, 11) is 1.97. The van der Waals surface area contributed by atoms with Crippen LogP contribution in [0.3, 0.4) is 0 Å². The van der Waals surface area contributed by atoms with E-state index in [0.29, 0.717) is 23.9 Å². The fourth-order valence-corrected chi connectivity index (χ4v) is 3.39. The molecule has 0 saturated carbocycles. The number of nitrogens with one attached hydrogen (secondary N) is 2. The average Bonchev–Trinajstić information content (AvgIpc) is 3.26. The molecule has 1 aromatic rings. The molecule has 0 bridgehead atoms. The molecule has 168 valence electrons. The summed E-state index contributed by atoms with van der Waals surface area (Å²) in [4.78, 5) is 17.6. The molecule has 2 rings (SSSR count). The molecular weight excluding hydrogens is 392 g/mol. The molecule has 31 heavy (non-hydrogen) atoms. The normalized spacial score (nSPS) is 16.9. The topological polar surface area (TPSA) is 125 Å². The van der Waals surface area contributed by atoms with Crippen molar-refractivity contribution < 1.29 is 0 Å². The third-order valence-corrected chi connectivity index (χ3v) is 5.24. The standard InChI is InChI=1S/C22H34N8O/c1-5-8-21-22(17-12-26-30(14-17)19(6-2)7-3)27-20(15-29(21)4)16(9-23)11-25-13-18(10-24)28-31/h8-9,11-12,14-15,18-19,23,25H,5-7,10,13,24H2,1-4H3/b16-11+,21-8-,23-9?. The number of rotatable bonds is 12. The largest absolute Gasteiger partial charge is 0.388 e. The van der Waals surface area contributed by atoms with E-state index in [1.165, 1.54) is 6.21 Å². The minimum Gasteiger partial charge on any atom is -0.388 e. The second-order valence-electron chi connectivity index (χ2n) is 7.41. The van der Waals surface area contributed by atoms with E-state index in [1.54, 1.807) is 6.20 Å². The van der Waals surface area contributed by atoms with Crippen molar-refractivity contribution in [3.63, 3.8) is 0 Å². The van der Waals surface area contributed by atoms with Crippen molar-refractivity contribution in [1.82, 2.24) is 20.0 Å². The van der Waals surface area contributed by atoms with E-state index in [4.69, 9.17) is 16.1 Å². The Morgan fingerprint density at radius 1 is 1.35 bits per heavy atom. The van der Waals surface area contributed by atoms with Crippen molar-refractivity contribution in [2.45, 2.75) is 52.1 Å². The van der Waals surface area contributed by atoms with Crippen LogP contribution >= 0.6 is 0 Å². The Morgan fingerprint density at radius 3 is 2.68 bits per heavy atom. The van der Waals surface area contributed by atoms with E-state index >= 15 is 0 Å². The molecule has 0 amide bonds. The first-order chi connectivity index (χ1) is 15.0. The molecule has 1 atom stereocenters. The zero-order chi connectivity index (χ0) is 22.8. The maximum Gasteiger partial charge on any atom is 0.121 e. The monoisotopic (exact) mass is 426 g/mol. The predicted octanol–water partition coefficient (Wildman–Crippen LogP) is 3.33. The summed E-state index contributed by atoms with van der Waals surface area (Å²) in [6.45, 7) is 6.89. The van der Waals surface area contributed by atoms with E-state index in [-0.39, 0.29) is 6.54 Å². The Balaban J connectivity index is 2.40. The predicted molar refractivity (Wildman–Crippen MR) is 126 cm³/mol. The zero-order valence-electron chi connectivity index (χ0n) is 18.9. The van der Waals surface area contributed by atoms with Crippen molar-refractivity contribution >= 4 is 11.9 Å². The maximum atomic E-state index is 10.7. The van der Waals surface area contributed by atoms with E-state index < -0.39 is 6.04 Å². The van der Waals surface area contributed by atoms with Crippen molar-refractivity contribution in [1.29, 1.82) is 5.41 Å². The average molecular weight is 427 g/mol. The lowest BCUT2D eigenvalue weighted by atomic mass is 10.1. The number of hydrogen-bond acceptors (Lipinski definition) is 8. The molecule has 9 heteroatoms. The van der Waals surface area contributed by atoms with Gasteiger partial charge in [-0.2, -0.15) is 10.0 Å². The fraction of sp³-hybridized carbons (Fsp3) is 0.500. The van der Waals surface area contributed by atoms with Gasteiger partial charge >= 0.3 is 0 Å². The summed E-state index contributed by atoms with van der Waals surface area (Å²) in [6, 6.07) is -0.159. The highest BCUT2D eigenvalue weighted by Crippen LogP contribution is 2.25. The lowest BCUT2D eigenvalue weighted by Gasteiger charge is -2.26. The molecule has 9 nitrogen and oxygen atoms in total. The van der Waals surface area contributed by atoms with Gasteiger partial charge in [-0.05, 0) is 19.3 Å². The maximum absolute atomic E-state index is 10.7. The van der Waals surface area contributed by atoms with Crippen molar-refractivity contribution in [2.75, 3.05) is 20.1 Å². The molecule has 1 aromatic heterocycles. The van der Waals surface area contributed by atoms with Gasteiger partial charge in [-0.1, -0.05) is 32.0 Å². The van der Waals surface area contributed by atoms with Crippen LogP contribution in [0.4, 0.5) is 0 Å². The summed E-state index contributed by atoms with van der Waals surface area (Å²) < 4.78 is 2.01. The van der Waals surface area contributed by atoms with E-state index in [9.17, 15) is 4.91 Å². The van der Waals surface area contributed by atoms with Crippen molar-refractivity contribution in [3.05, 3.63) is 58.3 Å². The first kappa shape index (κ1) is 24.2. The number of nitrogens with two attached hydrogens (primary N) is 1. The van der Waals surface area contributed by atoms with Gasteiger partial charge < -0.3 is 21.4 Å². The summed E-state index contributed by atoms with van der Waals surface area (Å²) in [5.74, 6) is 0. The van der Waals surface area contributed by atoms with Crippen LogP contribution in [-0.4, -0.2) is 52.8 Å². The summed E-state index contributed by atoms with van der Waals surface area (Å²) in [6.07, 6.45) is 13.7. The third kappa shape index (κ3) is 5.97. The first-order valence-electron chi connectivity index (χ1n) is 10.8. The number of nitrogens with zero attached hydrogens (tertiary/aromatic N) is 5. The number of nitroso groups, excluding NO2 is 1. The number of aromatic nitrogens is 2. The molecular formula is C22H34N8O. The van der Waals surface area contributed by atoms with E-state index in [1.807, 2.05) is 35.2 Å². The van der Waals surface area contributed by atoms with Gasteiger partial charge in [0.05, 0.1) is 29.3 Å². The third-order valence-electron chi connectivity index (χ3n) is 5.24. The molecule has 4 N–H and O–H groups in total.